The molecule has 0 aliphatic carbocycles. The highest BCUT2D eigenvalue weighted by Crippen LogP contribution is 2.11. The normalized spacial score (nSPS) is 16.6. The Labute approximate surface area is 125 Å². The van der Waals surface area contributed by atoms with Gasteiger partial charge in [-0.25, -0.2) is 0 Å². The van der Waals surface area contributed by atoms with Crippen molar-refractivity contribution in [3.63, 3.8) is 0 Å². The zero-order chi connectivity index (χ0) is 14.5. The molecule has 0 amide bonds. The van der Waals surface area contributed by atoms with Crippen molar-refractivity contribution in [3.05, 3.63) is 12.2 Å². The Kier molecular flexibility index (Phi) is 10.6. The van der Waals surface area contributed by atoms with Gasteiger partial charge in [0.2, 0.25) is 0 Å². The van der Waals surface area contributed by atoms with Gasteiger partial charge in [0.1, 0.15) is 5.78 Å². The number of hydrogen-bond acceptors (Lipinski definition) is 2. The summed E-state index contributed by atoms with van der Waals surface area (Å²) in [6.45, 7) is 5.05. The van der Waals surface area contributed by atoms with Crippen LogP contribution in [-0.2, 0) is 4.79 Å². The van der Waals surface area contributed by atoms with E-state index in [9.17, 15) is 4.79 Å². The van der Waals surface area contributed by atoms with Crippen LogP contribution in [0.4, 0.5) is 0 Å². The quantitative estimate of drug-likeness (QED) is 0.380. The minimum atomic E-state index is 0.429. The Balaban J connectivity index is 1.74. The highest BCUT2D eigenvalue weighted by Gasteiger charge is 2.17. The van der Waals surface area contributed by atoms with Crippen LogP contribution in [0, 0.1) is 0 Å². The maximum absolute atomic E-state index is 11.1. The molecule has 1 saturated heterocycles. The van der Waals surface area contributed by atoms with Gasteiger partial charge in [-0.2, -0.15) is 0 Å². The van der Waals surface area contributed by atoms with Gasteiger partial charge in [0, 0.05) is 13.0 Å². The fourth-order valence-electron chi connectivity index (χ4n) is 2.82. The molecule has 2 nitrogen and oxygen atoms in total. The summed E-state index contributed by atoms with van der Waals surface area (Å²) in [7, 11) is 0. The smallest absolute Gasteiger partial charge is 0.148 e. The van der Waals surface area contributed by atoms with Crippen molar-refractivity contribution >= 4 is 5.78 Å². The van der Waals surface area contributed by atoms with E-state index in [-0.39, 0.29) is 0 Å². The first kappa shape index (κ1) is 17.4. The number of nitrogens with zero attached hydrogens (tertiary/aromatic N) is 1. The number of Topliss-reactive ketones (excluding diaryl/α,β-unsaturated/α-hetero) is 1. The van der Waals surface area contributed by atoms with E-state index < -0.39 is 0 Å². The number of ketones is 1. The third kappa shape index (κ3) is 9.30. The van der Waals surface area contributed by atoms with E-state index in [0.717, 1.165) is 19.5 Å². The molecule has 1 heterocycles. The summed E-state index contributed by atoms with van der Waals surface area (Å²) in [5.74, 6) is 0.429. The van der Waals surface area contributed by atoms with Crippen LogP contribution in [0.5, 0.6) is 0 Å². The van der Waals surface area contributed by atoms with Crippen molar-refractivity contribution in [2.45, 2.75) is 77.6 Å². The molecule has 2 heteroatoms. The summed E-state index contributed by atoms with van der Waals surface area (Å²) in [5.41, 5.74) is 0. The third-order valence-corrected chi connectivity index (χ3v) is 4.10. The lowest BCUT2D eigenvalue weighted by Gasteiger charge is -2.12. The van der Waals surface area contributed by atoms with Crippen LogP contribution in [0.25, 0.3) is 0 Å². The van der Waals surface area contributed by atoms with Gasteiger partial charge in [-0.15, -0.1) is 0 Å². The minimum Gasteiger partial charge on any atom is -0.298 e. The van der Waals surface area contributed by atoms with Gasteiger partial charge >= 0.3 is 0 Å². The molecule has 0 aromatic heterocycles. The molecular formula is C18H33NO. The second-order valence-electron chi connectivity index (χ2n) is 6.06. The van der Waals surface area contributed by atoms with Crippen molar-refractivity contribution in [1.29, 1.82) is 0 Å². The molecule has 0 unspecified atom stereocenters. The van der Waals surface area contributed by atoms with Crippen LogP contribution < -0.4 is 0 Å². The zero-order valence-corrected chi connectivity index (χ0v) is 13.4. The van der Waals surface area contributed by atoms with Crippen LogP contribution >= 0.6 is 0 Å². The molecule has 0 spiro atoms. The number of allylic oxidation sites excluding steroid dienone is 2. The first-order valence-corrected chi connectivity index (χ1v) is 8.72. The fourth-order valence-corrected chi connectivity index (χ4v) is 2.82. The standard InChI is InChI=1S/C18H33NO/c1-2-3-4-5-6-7-8-9-10-11-12-13-15-19-16-14-18(20)17-19/h3-4H,2,5-17H2,1H3. The van der Waals surface area contributed by atoms with Crippen LogP contribution in [0.2, 0.25) is 0 Å². The molecule has 1 aliphatic rings. The minimum absolute atomic E-state index is 0.429. The van der Waals surface area contributed by atoms with E-state index in [1.54, 1.807) is 0 Å². The molecule has 0 saturated carbocycles. The van der Waals surface area contributed by atoms with E-state index in [1.807, 2.05) is 0 Å². The average molecular weight is 279 g/mol. The van der Waals surface area contributed by atoms with Crippen LogP contribution in [0.3, 0.4) is 0 Å². The second kappa shape index (κ2) is 12.1. The molecule has 116 valence electrons. The molecule has 0 radical (unpaired) electrons. The van der Waals surface area contributed by atoms with E-state index in [2.05, 4.69) is 24.0 Å². The molecule has 0 bridgehead atoms. The molecule has 1 fully saturated rings. The topological polar surface area (TPSA) is 20.3 Å². The van der Waals surface area contributed by atoms with Crippen molar-refractivity contribution in [1.82, 2.24) is 4.90 Å². The van der Waals surface area contributed by atoms with Crippen LogP contribution in [0.15, 0.2) is 12.2 Å². The van der Waals surface area contributed by atoms with Crippen molar-refractivity contribution in [2.24, 2.45) is 0 Å². The summed E-state index contributed by atoms with van der Waals surface area (Å²) < 4.78 is 0. The summed E-state index contributed by atoms with van der Waals surface area (Å²) in [6.07, 6.45) is 18.8. The SMILES string of the molecule is CCC=CCCCCCCCCCCN1CCC(=O)C1. The van der Waals surface area contributed by atoms with E-state index >= 15 is 0 Å². The summed E-state index contributed by atoms with van der Waals surface area (Å²) >= 11 is 0. The Morgan fingerprint density at radius 2 is 1.60 bits per heavy atom. The molecule has 0 N–H and O–H groups in total. The number of rotatable bonds is 12. The third-order valence-electron chi connectivity index (χ3n) is 4.10. The van der Waals surface area contributed by atoms with E-state index in [1.165, 1.54) is 64.2 Å². The van der Waals surface area contributed by atoms with E-state index in [0.29, 0.717) is 12.3 Å². The average Bonchev–Trinajstić information content (AvgIpc) is 2.86. The Bertz CT molecular complexity index is 273. The Morgan fingerprint density at radius 3 is 2.20 bits per heavy atom. The fraction of sp³-hybridized carbons (Fsp3) is 0.833. The van der Waals surface area contributed by atoms with Crippen LogP contribution in [-0.4, -0.2) is 30.3 Å². The largest absolute Gasteiger partial charge is 0.298 e. The maximum Gasteiger partial charge on any atom is 0.148 e. The van der Waals surface area contributed by atoms with Gasteiger partial charge < -0.3 is 0 Å². The van der Waals surface area contributed by atoms with Crippen LogP contribution in [0.1, 0.15) is 77.6 Å². The highest BCUT2D eigenvalue weighted by molar-refractivity contribution is 5.82. The lowest BCUT2D eigenvalue weighted by Crippen LogP contribution is -2.21. The lowest BCUT2D eigenvalue weighted by molar-refractivity contribution is -0.116. The number of likely N-dealkylation sites (tertiary alicyclic amines) is 1. The zero-order valence-electron chi connectivity index (χ0n) is 13.4. The molecule has 20 heavy (non-hydrogen) atoms. The van der Waals surface area contributed by atoms with Gasteiger partial charge in [-0.1, -0.05) is 57.6 Å². The lowest BCUT2D eigenvalue weighted by atomic mass is 10.1. The molecule has 1 aliphatic heterocycles. The molecule has 0 aromatic carbocycles. The Morgan fingerprint density at radius 1 is 0.950 bits per heavy atom. The molecule has 0 aromatic rings. The summed E-state index contributed by atoms with van der Waals surface area (Å²) in [5, 5.41) is 0. The van der Waals surface area contributed by atoms with Gasteiger partial charge in [0.25, 0.3) is 0 Å². The molecule has 1 rings (SSSR count). The first-order valence-electron chi connectivity index (χ1n) is 8.72. The maximum atomic E-state index is 11.1. The van der Waals surface area contributed by atoms with E-state index in [4.69, 9.17) is 0 Å². The predicted octanol–water partition coefficient (Wildman–Crippen LogP) is 4.74. The van der Waals surface area contributed by atoms with Gasteiger partial charge in [0.05, 0.1) is 6.54 Å². The molecular weight excluding hydrogens is 246 g/mol. The first-order chi connectivity index (χ1) is 9.83. The van der Waals surface area contributed by atoms with Gasteiger partial charge in [-0.3, -0.25) is 9.69 Å². The number of carbonyl (C=O) groups is 1. The van der Waals surface area contributed by atoms with Crippen molar-refractivity contribution < 1.29 is 4.79 Å². The number of hydrogen-bond donors (Lipinski definition) is 0. The van der Waals surface area contributed by atoms with Gasteiger partial charge in [-0.05, 0) is 32.2 Å². The monoisotopic (exact) mass is 279 g/mol. The number of unbranched alkanes of at least 4 members (excludes halogenated alkanes) is 8. The predicted molar refractivity (Wildman–Crippen MR) is 87.0 cm³/mol. The van der Waals surface area contributed by atoms with Gasteiger partial charge in [0.15, 0.2) is 0 Å². The highest BCUT2D eigenvalue weighted by atomic mass is 16.1. The summed E-state index contributed by atoms with van der Waals surface area (Å²) in [6, 6.07) is 0. The number of carbonyl (C=O) groups excluding carboxylic acids is 1. The Hall–Kier alpha value is -0.630. The van der Waals surface area contributed by atoms with Crippen molar-refractivity contribution in [2.75, 3.05) is 19.6 Å². The molecule has 0 atom stereocenters. The summed E-state index contributed by atoms with van der Waals surface area (Å²) in [4.78, 5) is 13.4. The second-order valence-corrected chi connectivity index (χ2v) is 6.06. The van der Waals surface area contributed by atoms with Crippen molar-refractivity contribution in [3.8, 4) is 0 Å².